The summed E-state index contributed by atoms with van der Waals surface area (Å²) in [5, 5.41) is 7.33. The predicted molar refractivity (Wildman–Crippen MR) is 92.8 cm³/mol. The van der Waals surface area contributed by atoms with E-state index in [4.69, 9.17) is 27.9 Å². The van der Waals surface area contributed by atoms with E-state index in [1.165, 1.54) is 19.2 Å². The monoisotopic (exact) mass is 383 g/mol. The van der Waals surface area contributed by atoms with Gasteiger partial charge in [0.15, 0.2) is 12.3 Å². The number of nitrogens with zero attached hydrogens (tertiary/aromatic N) is 2. The Morgan fingerprint density at radius 2 is 2.00 bits per heavy atom. The molecular formula is C16H15Cl2N3O4. The van der Waals surface area contributed by atoms with Crippen LogP contribution in [0.4, 0.5) is 0 Å². The number of hydrogen-bond acceptors (Lipinski definition) is 5. The zero-order valence-electron chi connectivity index (χ0n) is 13.5. The van der Waals surface area contributed by atoms with Crippen LogP contribution in [0.15, 0.2) is 35.1 Å². The van der Waals surface area contributed by atoms with Crippen LogP contribution in [-0.4, -0.2) is 28.3 Å². The summed E-state index contributed by atoms with van der Waals surface area (Å²) in [6.07, 6.45) is 0. The summed E-state index contributed by atoms with van der Waals surface area (Å²) in [5.74, 6) is -1.31. The second-order valence-corrected chi connectivity index (χ2v) is 6.06. The first kappa shape index (κ1) is 19.0. The van der Waals surface area contributed by atoms with Crippen molar-refractivity contribution in [1.82, 2.24) is 15.1 Å². The van der Waals surface area contributed by atoms with Crippen molar-refractivity contribution in [3.63, 3.8) is 0 Å². The zero-order chi connectivity index (χ0) is 18.6. The number of aromatic nitrogens is 2. The average molecular weight is 384 g/mol. The Morgan fingerprint density at radius 3 is 2.64 bits per heavy atom. The van der Waals surface area contributed by atoms with E-state index in [0.29, 0.717) is 15.6 Å². The Balaban J connectivity index is 1.92. The van der Waals surface area contributed by atoms with Crippen molar-refractivity contribution in [2.24, 2.45) is 7.05 Å². The van der Waals surface area contributed by atoms with Gasteiger partial charge in [-0.3, -0.25) is 9.59 Å². The van der Waals surface area contributed by atoms with Crippen LogP contribution in [0, 0.1) is 0 Å². The third-order valence-electron chi connectivity index (χ3n) is 3.31. The summed E-state index contributed by atoms with van der Waals surface area (Å²) in [6.45, 7) is 1.25. The molecule has 1 N–H and O–H groups in total. The molecule has 7 nitrogen and oxygen atoms in total. The molecule has 0 fully saturated rings. The lowest BCUT2D eigenvalue weighted by Crippen LogP contribution is -2.31. The van der Waals surface area contributed by atoms with Gasteiger partial charge in [0.1, 0.15) is 0 Å². The van der Waals surface area contributed by atoms with Gasteiger partial charge < -0.3 is 10.1 Å². The summed E-state index contributed by atoms with van der Waals surface area (Å²) in [7, 11) is 1.41. The molecule has 1 aromatic heterocycles. The van der Waals surface area contributed by atoms with Gasteiger partial charge in [0.2, 0.25) is 0 Å². The molecule has 0 aliphatic heterocycles. The Morgan fingerprint density at radius 1 is 1.28 bits per heavy atom. The van der Waals surface area contributed by atoms with E-state index in [2.05, 4.69) is 10.4 Å². The molecule has 132 valence electrons. The van der Waals surface area contributed by atoms with Crippen LogP contribution >= 0.6 is 23.2 Å². The first-order valence-electron chi connectivity index (χ1n) is 7.23. The van der Waals surface area contributed by atoms with Gasteiger partial charge in [0.25, 0.3) is 11.5 Å². The molecule has 1 heterocycles. The van der Waals surface area contributed by atoms with Gasteiger partial charge in [0.05, 0.1) is 6.04 Å². The second-order valence-electron chi connectivity index (χ2n) is 5.21. The van der Waals surface area contributed by atoms with Crippen molar-refractivity contribution in [2.75, 3.05) is 6.61 Å². The lowest BCUT2D eigenvalue weighted by Gasteiger charge is -2.16. The SMILES string of the molecule is CC(NC(=O)COC(=O)c1ccc(=O)n(C)n1)c1ccc(Cl)cc1Cl. The van der Waals surface area contributed by atoms with Gasteiger partial charge in [-0.1, -0.05) is 29.3 Å². The van der Waals surface area contributed by atoms with Crippen molar-refractivity contribution >= 4 is 35.1 Å². The average Bonchev–Trinajstić information content (AvgIpc) is 2.55. The summed E-state index contributed by atoms with van der Waals surface area (Å²) in [4.78, 5) is 35.0. The van der Waals surface area contributed by atoms with Crippen LogP contribution in [-0.2, 0) is 16.6 Å². The van der Waals surface area contributed by atoms with Crippen LogP contribution in [0.5, 0.6) is 0 Å². The molecule has 25 heavy (non-hydrogen) atoms. The van der Waals surface area contributed by atoms with Crippen LogP contribution in [0.25, 0.3) is 0 Å². The number of hydrogen-bond donors (Lipinski definition) is 1. The van der Waals surface area contributed by atoms with Gasteiger partial charge in [0, 0.05) is 23.2 Å². The third kappa shape index (κ3) is 5.04. The van der Waals surface area contributed by atoms with Crippen LogP contribution < -0.4 is 10.9 Å². The number of carbonyl (C=O) groups is 2. The quantitative estimate of drug-likeness (QED) is 0.798. The highest BCUT2D eigenvalue weighted by Crippen LogP contribution is 2.25. The van der Waals surface area contributed by atoms with E-state index < -0.39 is 24.5 Å². The molecule has 1 unspecified atom stereocenters. The molecule has 1 amide bonds. The van der Waals surface area contributed by atoms with Crippen LogP contribution in [0.1, 0.15) is 29.0 Å². The Kier molecular flexibility index (Phi) is 6.17. The van der Waals surface area contributed by atoms with Gasteiger partial charge >= 0.3 is 5.97 Å². The Labute approximate surface area is 153 Å². The number of halogens is 2. The van der Waals surface area contributed by atoms with E-state index in [1.807, 2.05) is 0 Å². The van der Waals surface area contributed by atoms with E-state index in [-0.39, 0.29) is 11.3 Å². The maximum absolute atomic E-state index is 11.9. The molecular weight excluding hydrogens is 369 g/mol. The fourth-order valence-electron chi connectivity index (χ4n) is 2.03. The molecule has 2 aromatic rings. The van der Waals surface area contributed by atoms with E-state index >= 15 is 0 Å². The van der Waals surface area contributed by atoms with Gasteiger partial charge in [-0.2, -0.15) is 5.10 Å². The number of esters is 1. The Hall–Kier alpha value is -2.38. The fourth-order valence-corrected chi connectivity index (χ4v) is 2.60. The van der Waals surface area contributed by atoms with Gasteiger partial charge in [-0.25, -0.2) is 9.48 Å². The lowest BCUT2D eigenvalue weighted by molar-refractivity contribution is -0.124. The predicted octanol–water partition coefficient (Wildman–Crippen LogP) is 2.12. The number of benzene rings is 1. The summed E-state index contributed by atoms with van der Waals surface area (Å²) in [5.41, 5.74) is 0.261. The maximum atomic E-state index is 11.9. The summed E-state index contributed by atoms with van der Waals surface area (Å²) < 4.78 is 5.89. The zero-order valence-corrected chi connectivity index (χ0v) is 15.0. The van der Waals surface area contributed by atoms with Gasteiger partial charge in [-0.15, -0.1) is 0 Å². The first-order valence-corrected chi connectivity index (χ1v) is 7.99. The first-order chi connectivity index (χ1) is 11.8. The topological polar surface area (TPSA) is 90.3 Å². The highest BCUT2D eigenvalue weighted by atomic mass is 35.5. The molecule has 1 aromatic carbocycles. The molecule has 0 spiro atoms. The van der Waals surface area contributed by atoms with Gasteiger partial charge in [-0.05, 0) is 30.7 Å². The minimum atomic E-state index is -0.803. The normalized spacial score (nSPS) is 11.7. The molecule has 0 radical (unpaired) electrons. The third-order valence-corrected chi connectivity index (χ3v) is 3.87. The molecule has 0 aliphatic rings. The largest absolute Gasteiger partial charge is 0.451 e. The molecule has 0 bridgehead atoms. The molecule has 1 atom stereocenters. The smallest absolute Gasteiger partial charge is 0.359 e. The number of nitrogens with one attached hydrogen (secondary N) is 1. The van der Waals surface area contributed by atoms with Crippen molar-refractivity contribution in [3.05, 3.63) is 62.0 Å². The maximum Gasteiger partial charge on any atom is 0.359 e. The number of amides is 1. The van der Waals surface area contributed by atoms with Crippen molar-refractivity contribution < 1.29 is 14.3 Å². The summed E-state index contributed by atoms with van der Waals surface area (Å²) in [6, 6.07) is 6.97. The van der Waals surface area contributed by atoms with E-state index in [9.17, 15) is 14.4 Å². The Bertz CT molecular complexity index is 867. The molecule has 0 aliphatic carbocycles. The van der Waals surface area contributed by atoms with E-state index in [0.717, 1.165) is 4.68 Å². The number of rotatable bonds is 5. The van der Waals surface area contributed by atoms with Crippen molar-refractivity contribution in [1.29, 1.82) is 0 Å². The number of ether oxygens (including phenoxy) is 1. The lowest BCUT2D eigenvalue weighted by atomic mass is 10.1. The number of aryl methyl sites for hydroxylation is 1. The molecule has 0 saturated heterocycles. The fraction of sp³-hybridized carbons (Fsp3) is 0.250. The summed E-state index contributed by atoms with van der Waals surface area (Å²) >= 11 is 11.9. The van der Waals surface area contributed by atoms with Crippen LogP contribution in [0.2, 0.25) is 10.0 Å². The van der Waals surface area contributed by atoms with Crippen molar-refractivity contribution in [2.45, 2.75) is 13.0 Å². The highest BCUT2D eigenvalue weighted by molar-refractivity contribution is 6.35. The standard InChI is InChI=1S/C16H15Cl2N3O4/c1-9(11-4-3-10(17)7-12(11)18)19-14(22)8-25-16(24)13-5-6-15(23)21(2)20-13/h3-7,9H,8H2,1-2H3,(H,19,22). The minimum Gasteiger partial charge on any atom is -0.451 e. The van der Waals surface area contributed by atoms with Crippen molar-refractivity contribution in [3.8, 4) is 0 Å². The van der Waals surface area contributed by atoms with E-state index in [1.54, 1.807) is 25.1 Å². The molecule has 0 saturated carbocycles. The molecule has 2 rings (SSSR count). The van der Waals surface area contributed by atoms with Crippen LogP contribution in [0.3, 0.4) is 0 Å². The highest BCUT2D eigenvalue weighted by Gasteiger charge is 2.16. The second kappa shape index (κ2) is 8.13. The molecule has 9 heteroatoms. The minimum absolute atomic E-state index is 0.0660. The number of carbonyl (C=O) groups excluding carboxylic acids is 2.